The maximum absolute atomic E-state index is 5.62. The predicted molar refractivity (Wildman–Crippen MR) is 58.4 cm³/mol. The van der Waals surface area contributed by atoms with E-state index in [4.69, 9.17) is 9.47 Å². The first-order valence-corrected chi connectivity index (χ1v) is 5.51. The van der Waals surface area contributed by atoms with Crippen molar-refractivity contribution >= 4 is 0 Å². The van der Waals surface area contributed by atoms with Gasteiger partial charge in [-0.1, -0.05) is 13.8 Å². The maximum atomic E-state index is 5.62. The Morgan fingerprint density at radius 1 is 1.53 bits per heavy atom. The third-order valence-electron chi connectivity index (χ3n) is 2.51. The Balaban J connectivity index is 2.00. The van der Waals surface area contributed by atoms with E-state index in [-0.39, 0.29) is 0 Å². The fourth-order valence-electron chi connectivity index (χ4n) is 1.58. The van der Waals surface area contributed by atoms with Crippen LogP contribution in [0, 0.1) is 5.92 Å². The van der Waals surface area contributed by atoms with Crippen molar-refractivity contribution in [3.63, 3.8) is 0 Å². The summed E-state index contributed by atoms with van der Waals surface area (Å²) in [7, 11) is 0. The molecule has 2 rings (SSSR count). The van der Waals surface area contributed by atoms with Crippen LogP contribution in [-0.2, 0) is 6.42 Å². The quantitative estimate of drug-likeness (QED) is 0.760. The normalized spacial score (nSPS) is 13.8. The van der Waals surface area contributed by atoms with Gasteiger partial charge in [-0.05, 0) is 18.4 Å². The third kappa shape index (κ3) is 2.41. The number of aromatic nitrogens is 1. The van der Waals surface area contributed by atoms with Crippen molar-refractivity contribution in [1.82, 2.24) is 4.98 Å². The Bertz CT molecular complexity index is 336. The van der Waals surface area contributed by atoms with Gasteiger partial charge in [-0.25, -0.2) is 4.98 Å². The standard InChI is InChI=1S/C12H17NO2/c1-9(2)4-7-15-12-11-10(3-6-13-12)5-8-14-11/h3,6,9H,4-5,7-8H2,1-2H3. The molecule has 0 unspecified atom stereocenters. The molecular formula is C12H17NO2. The van der Waals surface area contributed by atoms with Crippen molar-refractivity contribution in [3.05, 3.63) is 17.8 Å². The minimum atomic E-state index is 0.655. The van der Waals surface area contributed by atoms with Crippen LogP contribution in [0.3, 0.4) is 0 Å². The number of fused-ring (bicyclic) bond motifs is 1. The lowest BCUT2D eigenvalue weighted by Gasteiger charge is -2.09. The van der Waals surface area contributed by atoms with Crippen LogP contribution in [0.2, 0.25) is 0 Å². The highest BCUT2D eigenvalue weighted by Crippen LogP contribution is 2.33. The Labute approximate surface area is 90.4 Å². The maximum Gasteiger partial charge on any atom is 0.257 e. The average molecular weight is 207 g/mol. The van der Waals surface area contributed by atoms with Crippen molar-refractivity contribution in [2.45, 2.75) is 26.7 Å². The topological polar surface area (TPSA) is 31.4 Å². The molecule has 1 aromatic heterocycles. The van der Waals surface area contributed by atoms with Crippen LogP contribution in [0.4, 0.5) is 0 Å². The number of rotatable bonds is 4. The smallest absolute Gasteiger partial charge is 0.257 e. The zero-order valence-electron chi connectivity index (χ0n) is 9.32. The lowest BCUT2D eigenvalue weighted by molar-refractivity contribution is 0.258. The van der Waals surface area contributed by atoms with E-state index in [2.05, 4.69) is 18.8 Å². The number of nitrogens with zero attached hydrogens (tertiary/aromatic N) is 1. The molecule has 0 N–H and O–H groups in total. The summed E-state index contributed by atoms with van der Waals surface area (Å²) in [6, 6.07) is 2.00. The summed E-state index contributed by atoms with van der Waals surface area (Å²) in [6.07, 6.45) is 3.81. The zero-order chi connectivity index (χ0) is 10.7. The van der Waals surface area contributed by atoms with E-state index in [1.54, 1.807) is 6.20 Å². The highest BCUT2D eigenvalue weighted by molar-refractivity contribution is 5.43. The van der Waals surface area contributed by atoms with Crippen LogP contribution < -0.4 is 9.47 Å². The largest absolute Gasteiger partial charge is 0.487 e. The molecular weight excluding hydrogens is 190 g/mol. The van der Waals surface area contributed by atoms with Crippen molar-refractivity contribution in [3.8, 4) is 11.6 Å². The van der Waals surface area contributed by atoms with E-state index in [1.807, 2.05) is 6.07 Å². The van der Waals surface area contributed by atoms with Gasteiger partial charge in [0.1, 0.15) is 0 Å². The summed E-state index contributed by atoms with van der Waals surface area (Å²) >= 11 is 0. The molecule has 3 nitrogen and oxygen atoms in total. The second-order valence-corrected chi connectivity index (χ2v) is 4.23. The van der Waals surface area contributed by atoms with Crippen molar-refractivity contribution in [1.29, 1.82) is 0 Å². The van der Waals surface area contributed by atoms with E-state index in [1.165, 1.54) is 5.56 Å². The molecule has 1 aromatic rings. The molecule has 0 amide bonds. The van der Waals surface area contributed by atoms with Gasteiger partial charge in [-0.15, -0.1) is 0 Å². The van der Waals surface area contributed by atoms with Crippen LogP contribution >= 0.6 is 0 Å². The molecule has 1 aliphatic rings. The SMILES string of the molecule is CC(C)CCOc1nccc2c1OCC2. The summed E-state index contributed by atoms with van der Waals surface area (Å²) in [5.41, 5.74) is 1.21. The summed E-state index contributed by atoms with van der Waals surface area (Å²) in [5, 5.41) is 0. The van der Waals surface area contributed by atoms with Gasteiger partial charge in [0.25, 0.3) is 5.88 Å². The van der Waals surface area contributed by atoms with Gasteiger partial charge in [0.05, 0.1) is 13.2 Å². The van der Waals surface area contributed by atoms with Gasteiger partial charge in [0.15, 0.2) is 5.75 Å². The lowest BCUT2D eigenvalue weighted by atomic mass is 10.1. The van der Waals surface area contributed by atoms with Crippen LogP contribution in [-0.4, -0.2) is 18.2 Å². The molecule has 82 valence electrons. The first-order chi connectivity index (χ1) is 7.27. The van der Waals surface area contributed by atoms with Gasteiger partial charge in [-0.3, -0.25) is 0 Å². The number of pyridine rings is 1. The molecule has 0 radical (unpaired) electrons. The molecule has 0 bridgehead atoms. The summed E-state index contributed by atoms with van der Waals surface area (Å²) in [4.78, 5) is 4.20. The molecule has 0 saturated heterocycles. The van der Waals surface area contributed by atoms with E-state index < -0.39 is 0 Å². The third-order valence-corrected chi connectivity index (χ3v) is 2.51. The summed E-state index contributed by atoms with van der Waals surface area (Å²) < 4.78 is 11.1. The Morgan fingerprint density at radius 2 is 2.40 bits per heavy atom. The lowest BCUT2D eigenvalue weighted by Crippen LogP contribution is -2.03. The second-order valence-electron chi connectivity index (χ2n) is 4.23. The van der Waals surface area contributed by atoms with Gasteiger partial charge in [-0.2, -0.15) is 0 Å². The molecule has 0 atom stereocenters. The summed E-state index contributed by atoms with van der Waals surface area (Å²) in [6.45, 7) is 5.83. The Morgan fingerprint density at radius 3 is 3.20 bits per heavy atom. The summed E-state index contributed by atoms with van der Waals surface area (Å²) in [5.74, 6) is 2.16. The molecule has 0 aromatic carbocycles. The highest BCUT2D eigenvalue weighted by atomic mass is 16.5. The molecule has 15 heavy (non-hydrogen) atoms. The van der Waals surface area contributed by atoms with E-state index in [0.29, 0.717) is 18.4 Å². The van der Waals surface area contributed by atoms with Crippen molar-refractivity contribution in [2.24, 2.45) is 5.92 Å². The zero-order valence-corrected chi connectivity index (χ0v) is 9.32. The Hall–Kier alpha value is -1.25. The molecule has 0 aliphatic carbocycles. The number of ether oxygens (including phenoxy) is 2. The minimum absolute atomic E-state index is 0.655. The molecule has 0 fully saturated rings. The first kappa shape index (κ1) is 10.3. The molecule has 0 saturated carbocycles. The van der Waals surface area contributed by atoms with Crippen LogP contribution in [0.1, 0.15) is 25.8 Å². The first-order valence-electron chi connectivity index (χ1n) is 5.51. The highest BCUT2D eigenvalue weighted by Gasteiger charge is 2.18. The van der Waals surface area contributed by atoms with Crippen molar-refractivity contribution < 1.29 is 9.47 Å². The molecule has 3 heteroatoms. The number of hydrogen-bond donors (Lipinski definition) is 0. The minimum Gasteiger partial charge on any atom is -0.487 e. The average Bonchev–Trinajstić information content (AvgIpc) is 2.65. The predicted octanol–water partition coefficient (Wildman–Crippen LogP) is 2.44. The second kappa shape index (κ2) is 4.51. The van der Waals surface area contributed by atoms with Crippen molar-refractivity contribution in [2.75, 3.05) is 13.2 Å². The van der Waals surface area contributed by atoms with Gasteiger partial charge < -0.3 is 9.47 Å². The molecule has 1 aliphatic heterocycles. The van der Waals surface area contributed by atoms with Crippen LogP contribution in [0.25, 0.3) is 0 Å². The van der Waals surface area contributed by atoms with Gasteiger partial charge in [0.2, 0.25) is 0 Å². The van der Waals surface area contributed by atoms with Gasteiger partial charge in [0, 0.05) is 18.2 Å². The van der Waals surface area contributed by atoms with E-state index >= 15 is 0 Å². The van der Waals surface area contributed by atoms with Crippen LogP contribution in [0.15, 0.2) is 12.3 Å². The van der Waals surface area contributed by atoms with E-state index in [9.17, 15) is 0 Å². The van der Waals surface area contributed by atoms with Gasteiger partial charge >= 0.3 is 0 Å². The fourth-order valence-corrected chi connectivity index (χ4v) is 1.58. The molecule has 2 heterocycles. The Kier molecular flexibility index (Phi) is 3.09. The van der Waals surface area contributed by atoms with Crippen LogP contribution in [0.5, 0.6) is 11.6 Å². The monoisotopic (exact) mass is 207 g/mol. The fraction of sp³-hybridized carbons (Fsp3) is 0.583. The van der Waals surface area contributed by atoms with E-state index in [0.717, 1.165) is 25.2 Å². The molecule has 0 spiro atoms. The number of hydrogen-bond acceptors (Lipinski definition) is 3.